The maximum atomic E-state index is 11.1. The third-order valence-electron chi connectivity index (χ3n) is 2.48. The first kappa shape index (κ1) is 13.7. The predicted molar refractivity (Wildman–Crippen MR) is 69.8 cm³/mol. The average molecular weight is 279 g/mol. The van der Waals surface area contributed by atoms with Gasteiger partial charge in [-0.05, 0) is 13.8 Å². The van der Waals surface area contributed by atoms with E-state index in [0.717, 1.165) is 5.69 Å². The zero-order valence-electron chi connectivity index (χ0n) is 10.9. The molecule has 2 rings (SSSR count). The smallest absolute Gasteiger partial charge is 0.332 e. The lowest BCUT2D eigenvalue weighted by Crippen LogP contribution is -2.14. The highest BCUT2D eigenvalue weighted by atomic mass is 16.6. The molecule has 0 saturated carbocycles. The standard InChI is InChI=1S/C10H13N7O3/c1-5-3-7(20-16-5)4-12-9-8(17(18)19)6(2)13-10(14-9)15-11/h3H,4,11H2,1-2H3,(H2,12,13,14,15). The molecule has 0 radical (unpaired) electrons. The van der Waals surface area contributed by atoms with Crippen LogP contribution >= 0.6 is 0 Å². The van der Waals surface area contributed by atoms with Crippen LogP contribution in [0.15, 0.2) is 10.6 Å². The van der Waals surface area contributed by atoms with Crippen molar-refractivity contribution in [1.82, 2.24) is 15.1 Å². The van der Waals surface area contributed by atoms with Crippen LogP contribution < -0.4 is 16.6 Å². The van der Waals surface area contributed by atoms with Gasteiger partial charge < -0.3 is 9.84 Å². The van der Waals surface area contributed by atoms with Crippen LogP contribution in [-0.2, 0) is 6.54 Å². The van der Waals surface area contributed by atoms with Crippen molar-refractivity contribution in [2.75, 3.05) is 10.7 Å². The maximum Gasteiger partial charge on any atom is 0.332 e. The fourth-order valence-electron chi connectivity index (χ4n) is 1.64. The van der Waals surface area contributed by atoms with Crippen molar-refractivity contribution in [2.24, 2.45) is 5.84 Å². The highest BCUT2D eigenvalue weighted by molar-refractivity contribution is 5.60. The molecule has 0 saturated heterocycles. The lowest BCUT2D eigenvalue weighted by molar-refractivity contribution is -0.385. The van der Waals surface area contributed by atoms with Gasteiger partial charge in [0.2, 0.25) is 11.8 Å². The number of hydrazine groups is 1. The van der Waals surface area contributed by atoms with E-state index in [1.165, 1.54) is 6.92 Å². The second kappa shape index (κ2) is 5.48. The van der Waals surface area contributed by atoms with Crippen LogP contribution in [0.4, 0.5) is 17.5 Å². The molecule has 0 aromatic carbocycles. The Bertz CT molecular complexity index is 640. The Hall–Kier alpha value is -2.75. The summed E-state index contributed by atoms with van der Waals surface area (Å²) in [5.74, 6) is 5.91. The van der Waals surface area contributed by atoms with Gasteiger partial charge in [0.1, 0.15) is 5.69 Å². The molecule has 20 heavy (non-hydrogen) atoms. The molecule has 0 amide bonds. The van der Waals surface area contributed by atoms with Crippen molar-refractivity contribution in [3.05, 3.63) is 33.3 Å². The number of hydrogen-bond donors (Lipinski definition) is 3. The first-order chi connectivity index (χ1) is 9.51. The van der Waals surface area contributed by atoms with Gasteiger partial charge in [-0.25, -0.2) is 10.8 Å². The van der Waals surface area contributed by atoms with Crippen LogP contribution in [0.2, 0.25) is 0 Å². The predicted octanol–water partition coefficient (Wildman–Crippen LogP) is 0.887. The van der Waals surface area contributed by atoms with E-state index in [9.17, 15) is 10.1 Å². The molecular formula is C10H13N7O3. The number of nitrogen functional groups attached to an aromatic ring is 1. The van der Waals surface area contributed by atoms with Crippen molar-refractivity contribution in [3.8, 4) is 0 Å². The lowest BCUT2D eigenvalue weighted by Gasteiger charge is -2.07. The van der Waals surface area contributed by atoms with Crippen LogP contribution in [-0.4, -0.2) is 20.0 Å². The fourth-order valence-corrected chi connectivity index (χ4v) is 1.64. The summed E-state index contributed by atoms with van der Waals surface area (Å²) in [6, 6.07) is 1.72. The highest BCUT2D eigenvalue weighted by Gasteiger charge is 2.22. The topological polar surface area (TPSA) is 145 Å². The number of anilines is 2. The number of rotatable bonds is 5. The summed E-state index contributed by atoms with van der Waals surface area (Å²) in [7, 11) is 0. The number of aryl methyl sites for hydroxylation is 2. The Morgan fingerprint density at radius 3 is 2.75 bits per heavy atom. The highest BCUT2D eigenvalue weighted by Crippen LogP contribution is 2.26. The Labute approximate surface area is 113 Å². The van der Waals surface area contributed by atoms with E-state index >= 15 is 0 Å². The SMILES string of the molecule is Cc1cc(CNc2nc(NN)nc(C)c2[N+](=O)[O-])on1. The fraction of sp³-hybridized carbons (Fsp3) is 0.300. The minimum Gasteiger partial charge on any atom is -0.359 e. The number of nitrogens with one attached hydrogen (secondary N) is 2. The van der Waals surface area contributed by atoms with Gasteiger partial charge in [0.05, 0.1) is 17.2 Å². The molecule has 0 aliphatic carbocycles. The molecular weight excluding hydrogens is 266 g/mol. The van der Waals surface area contributed by atoms with E-state index in [-0.39, 0.29) is 29.7 Å². The molecule has 0 bridgehead atoms. The van der Waals surface area contributed by atoms with Gasteiger partial charge in [0.15, 0.2) is 5.76 Å². The van der Waals surface area contributed by atoms with Crippen LogP contribution in [0.25, 0.3) is 0 Å². The van der Waals surface area contributed by atoms with Gasteiger partial charge in [-0.2, -0.15) is 4.98 Å². The molecule has 2 aromatic heterocycles. The van der Waals surface area contributed by atoms with Crippen molar-refractivity contribution >= 4 is 17.5 Å². The number of nitrogens with zero attached hydrogens (tertiary/aromatic N) is 4. The molecule has 0 atom stereocenters. The van der Waals surface area contributed by atoms with Crippen molar-refractivity contribution in [1.29, 1.82) is 0 Å². The zero-order chi connectivity index (χ0) is 14.7. The zero-order valence-corrected chi connectivity index (χ0v) is 10.9. The molecule has 0 aliphatic rings. The Balaban J connectivity index is 2.28. The summed E-state index contributed by atoms with van der Waals surface area (Å²) in [5.41, 5.74) is 2.97. The third kappa shape index (κ3) is 2.80. The Morgan fingerprint density at radius 1 is 1.45 bits per heavy atom. The summed E-state index contributed by atoms with van der Waals surface area (Å²) in [6.45, 7) is 3.49. The van der Waals surface area contributed by atoms with Crippen molar-refractivity contribution in [3.63, 3.8) is 0 Å². The van der Waals surface area contributed by atoms with Crippen LogP contribution in [0.1, 0.15) is 17.1 Å². The number of nitro groups is 1. The van der Waals surface area contributed by atoms with Crippen LogP contribution in [0.3, 0.4) is 0 Å². The molecule has 0 spiro atoms. The summed E-state index contributed by atoms with van der Waals surface area (Å²) < 4.78 is 5.01. The molecule has 2 aromatic rings. The van der Waals surface area contributed by atoms with E-state index in [1.807, 2.05) is 0 Å². The van der Waals surface area contributed by atoms with E-state index in [0.29, 0.717) is 5.76 Å². The summed E-state index contributed by atoms with van der Waals surface area (Å²) >= 11 is 0. The Kier molecular flexibility index (Phi) is 3.75. The van der Waals surface area contributed by atoms with E-state index in [1.54, 1.807) is 13.0 Å². The van der Waals surface area contributed by atoms with E-state index < -0.39 is 4.92 Å². The van der Waals surface area contributed by atoms with Gasteiger partial charge in [-0.3, -0.25) is 15.5 Å². The molecule has 0 fully saturated rings. The number of aromatic nitrogens is 3. The first-order valence-corrected chi connectivity index (χ1v) is 5.67. The largest absolute Gasteiger partial charge is 0.359 e. The summed E-state index contributed by atoms with van der Waals surface area (Å²) in [5, 5.41) is 17.6. The molecule has 10 heteroatoms. The van der Waals surface area contributed by atoms with Crippen molar-refractivity contribution in [2.45, 2.75) is 20.4 Å². The van der Waals surface area contributed by atoms with E-state index in [4.69, 9.17) is 10.4 Å². The van der Waals surface area contributed by atoms with Gasteiger partial charge in [0, 0.05) is 6.07 Å². The Morgan fingerprint density at radius 2 is 2.20 bits per heavy atom. The maximum absolute atomic E-state index is 11.1. The van der Waals surface area contributed by atoms with Gasteiger partial charge >= 0.3 is 5.69 Å². The average Bonchev–Trinajstić information content (AvgIpc) is 2.81. The van der Waals surface area contributed by atoms with Crippen LogP contribution in [0, 0.1) is 24.0 Å². The molecule has 106 valence electrons. The summed E-state index contributed by atoms with van der Waals surface area (Å²) in [4.78, 5) is 18.3. The summed E-state index contributed by atoms with van der Waals surface area (Å²) in [6.07, 6.45) is 0. The second-order valence-corrected chi connectivity index (χ2v) is 4.02. The van der Waals surface area contributed by atoms with Gasteiger partial charge in [-0.1, -0.05) is 5.16 Å². The number of nitrogens with two attached hydrogens (primary N) is 1. The van der Waals surface area contributed by atoms with Crippen LogP contribution in [0.5, 0.6) is 0 Å². The quantitative estimate of drug-likeness (QED) is 0.412. The molecule has 0 unspecified atom stereocenters. The lowest BCUT2D eigenvalue weighted by atomic mass is 10.3. The molecule has 4 N–H and O–H groups in total. The number of hydrogen-bond acceptors (Lipinski definition) is 9. The monoisotopic (exact) mass is 279 g/mol. The molecule has 2 heterocycles. The van der Waals surface area contributed by atoms with Gasteiger partial charge in [-0.15, -0.1) is 0 Å². The van der Waals surface area contributed by atoms with Crippen molar-refractivity contribution < 1.29 is 9.45 Å². The minimum atomic E-state index is -0.552. The molecule has 10 nitrogen and oxygen atoms in total. The first-order valence-electron chi connectivity index (χ1n) is 5.67. The second-order valence-electron chi connectivity index (χ2n) is 4.02. The van der Waals surface area contributed by atoms with Gasteiger partial charge in [0.25, 0.3) is 0 Å². The normalized spacial score (nSPS) is 10.3. The minimum absolute atomic E-state index is 0.0597. The van der Waals surface area contributed by atoms with E-state index in [2.05, 4.69) is 25.9 Å². The molecule has 0 aliphatic heterocycles. The third-order valence-corrected chi connectivity index (χ3v) is 2.48.